The Morgan fingerprint density at radius 3 is 2.91 bits per heavy atom. The number of carbonyl (C=O) groups excluding carboxylic acids is 1. The molecule has 60 valence electrons. The highest BCUT2D eigenvalue weighted by Crippen LogP contribution is 2.05. The topological polar surface area (TPSA) is 46.3 Å². The number of rotatable bonds is 0. The summed E-state index contributed by atoms with van der Waals surface area (Å²) < 4.78 is 0. The molecular weight excluding hydrogens is 140 g/mol. The van der Waals surface area contributed by atoms with Gasteiger partial charge in [0.15, 0.2) is 0 Å². The summed E-state index contributed by atoms with van der Waals surface area (Å²) in [7, 11) is 0. The van der Waals surface area contributed by atoms with Crippen LogP contribution in [0.4, 0.5) is 0 Å². The normalized spacial score (nSPS) is 22.7. The summed E-state index contributed by atoms with van der Waals surface area (Å²) in [6.45, 7) is 3.08. The largest absolute Gasteiger partial charge is 0.330 e. The molecule has 0 aromatic heterocycles. The van der Waals surface area contributed by atoms with Crippen molar-refractivity contribution in [2.45, 2.75) is 19.4 Å². The van der Waals surface area contributed by atoms with Gasteiger partial charge in [0, 0.05) is 19.1 Å². The standard InChI is InChI=1S/C8H12N2O/c1-2-3-8(11)10-5-4-7(9)6-10/h7H,4-6,9H2,1H3. The number of hydrogen-bond acceptors (Lipinski definition) is 2. The number of hydrogen-bond donors (Lipinski definition) is 1. The molecule has 1 saturated heterocycles. The second-order valence-electron chi connectivity index (χ2n) is 2.67. The van der Waals surface area contributed by atoms with E-state index in [-0.39, 0.29) is 11.9 Å². The van der Waals surface area contributed by atoms with E-state index >= 15 is 0 Å². The van der Waals surface area contributed by atoms with Crippen molar-refractivity contribution in [3.63, 3.8) is 0 Å². The van der Waals surface area contributed by atoms with Crippen molar-refractivity contribution in [3.05, 3.63) is 0 Å². The maximum absolute atomic E-state index is 11.1. The second kappa shape index (κ2) is 3.40. The van der Waals surface area contributed by atoms with Gasteiger partial charge in [0.05, 0.1) is 0 Å². The van der Waals surface area contributed by atoms with Gasteiger partial charge in [-0.15, -0.1) is 0 Å². The third-order valence-corrected chi connectivity index (χ3v) is 1.74. The molecule has 0 aromatic carbocycles. The van der Waals surface area contributed by atoms with E-state index in [4.69, 9.17) is 5.73 Å². The number of nitrogens with two attached hydrogens (primary N) is 1. The fourth-order valence-electron chi connectivity index (χ4n) is 1.16. The highest BCUT2D eigenvalue weighted by Gasteiger charge is 2.21. The molecule has 11 heavy (non-hydrogen) atoms. The van der Waals surface area contributed by atoms with Crippen molar-refractivity contribution in [2.24, 2.45) is 5.73 Å². The zero-order valence-corrected chi connectivity index (χ0v) is 6.63. The lowest BCUT2D eigenvalue weighted by Crippen LogP contribution is -2.30. The van der Waals surface area contributed by atoms with Crippen LogP contribution in [-0.4, -0.2) is 29.9 Å². The SMILES string of the molecule is CC#CC(=O)N1CCC(N)C1. The summed E-state index contributed by atoms with van der Waals surface area (Å²) in [5, 5.41) is 0. The van der Waals surface area contributed by atoms with Crippen LogP contribution in [0.5, 0.6) is 0 Å². The molecule has 1 rings (SSSR count). The lowest BCUT2D eigenvalue weighted by atomic mass is 10.3. The van der Waals surface area contributed by atoms with Gasteiger partial charge in [0.2, 0.25) is 0 Å². The summed E-state index contributed by atoms with van der Waals surface area (Å²) >= 11 is 0. The molecule has 0 spiro atoms. The van der Waals surface area contributed by atoms with Gasteiger partial charge >= 0.3 is 0 Å². The fraction of sp³-hybridized carbons (Fsp3) is 0.625. The van der Waals surface area contributed by atoms with E-state index in [0.29, 0.717) is 6.54 Å². The quantitative estimate of drug-likeness (QED) is 0.479. The van der Waals surface area contributed by atoms with Gasteiger partial charge in [-0.2, -0.15) is 0 Å². The lowest BCUT2D eigenvalue weighted by Gasteiger charge is -2.10. The summed E-state index contributed by atoms with van der Waals surface area (Å²) in [6, 6.07) is 0.151. The zero-order valence-electron chi connectivity index (χ0n) is 6.63. The van der Waals surface area contributed by atoms with Crippen LogP contribution >= 0.6 is 0 Å². The molecular formula is C8H12N2O. The van der Waals surface area contributed by atoms with Crippen molar-refractivity contribution >= 4 is 5.91 Å². The molecule has 0 saturated carbocycles. The molecule has 1 aliphatic heterocycles. The molecule has 3 heteroatoms. The van der Waals surface area contributed by atoms with E-state index in [0.717, 1.165) is 13.0 Å². The molecule has 1 atom stereocenters. The minimum absolute atomic E-state index is 0.0968. The number of likely N-dealkylation sites (tertiary alicyclic amines) is 1. The molecule has 1 amide bonds. The Hall–Kier alpha value is -1.01. The van der Waals surface area contributed by atoms with Crippen LogP contribution in [0, 0.1) is 11.8 Å². The maximum atomic E-state index is 11.1. The number of carbonyl (C=O) groups is 1. The van der Waals surface area contributed by atoms with Crippen molar-refractivity contribution in [1.82, 2.24) is 4.90 Å². The van der Waals surface area contributed by atoms with Gasteiger partial charge in [-0.3, -0.25) is 4.79 Å². The van der Waals surface area contributed by atoms with E-state index < -0.39 is 0 Å². The average molecular weight is 152 g/mol. The molecule has 1 heterocycles. The summed E-state index contributed by atoms with van der Waals surface area (Å²) in [5.41, 5.74) is 5.62. The first kappa shape index (κ1) is 8.09. The first-order valence-corrected chi connectivity index (χ1v) is 3.71. The Bertz CT molecular complexity index is 214. The molecule has 0 aromatic rings. The molecule has 2 N–H and O–H groups in total. The van der Waals surface area contributed by atoms with Crippen molar-refractivity contribution in [1.29, 1.82) is 0 Å². The fourth-order valence-corrected chi connectivity index (χ4v) is 1.16. The predicted octanol–water partition coefficient (Wildman–Crippen LogP) is -0.431. The molecule has 1 fully saturated rings. The van der Waals surface area contributed by atoms with Crippen LogP contribution < -0.4 is 5.73 Å². The Labute approximate surface area is 66.5 Å². The average Bonchev–Trinajstić information content (AvgIpc) is 2.36. The number of amides is 1. The van der Waals surface area contributed by atoms with Crippen molar-refractivity contribution in [2.75, 3.05) is 13.1 Å². The van der Waals surface area contributed by atoms with Crippen LogP contribution in [-0.2, 0) is 4.79 Å². The first-order valence-electron chi connectivity index (χ1n) is 3.71. The maximum Gasteiger partial charge on any atom is 0.298 e. The molecule has 3 nitrogen and oxygen atoms in total. The van der Waals surface area contributed by atoms with Gasteiger partial charge in [-0.25, -0.2) is 0 Å². The van der Waals surface area contributed by atoms with Gasteiger partial charge < -0.3 is 10.6 Å². The number of nitrogens with zero attached hydrogens (tertiary/aromatic N) is 1. The Morgan fingerprint density at radius 1 is 1.73 bits per heavy atom. The van der Waals surface area contributed by atoms with E-state index in [1.54, 1.807) is 11.8 Å². The minimum Gasteiger partial charge on any atom is -0.330 e. The van der Waals surface area contributed by atoms with Crippen LogP contribution in [0.1, 0.15) is 13.3 Å². The van der Waals surface area contributed by atoms with Gasteiger partial charge in [-0.1, -0.05) is 5.92 Å². The Kier molecular flexibility index (Phi) is 2.50. The van der Waals surface area contributed by atoms with Crippen LogP contribution in [0.2, 0.25) is 0 Å². The van der Waals surface area contributed by atoms with E-state index in [1.165, 1.54) is 0 Å². The second-order valence-corrected chi connectivity index (χ2v) is 2.67. The van der Waals surface area contributed by atoms with Crippen LogP contribution in [0.3, 0.4) is 0 Å². The highest BCUT2D eigenvalue weighted by molar-refractivity contribution is 5.93. The van der Waals surface area contributed by atoms with E-state index in [2.05, 4.69) is 11.8 Å². The Balaban J connectivity index is 2.47. The van der Waals surface area contributed by atoms with Crippen LogP contribution in [0.25, 0.3) is 0 Å². The lowest BCUT2D eigenvalue weighted by molar-refractivity contribution is -0.124. The third-order valence-electron chi connectivity index (χ3n) is 1.74. The molecule has 1 unspecified atom stereocenters. The summed E-state index contributed by atoms with van der Waals surface area (Å²) in [6.07, 6.45) is 0.900. The monoisotopic (exact) mass is 152 g/mol. The molecule has 0 radical (unpaired) electrons. The predicted molar refractivity (Wildman–Crippen MR) is 42.6 cm³/mol. The zero-order chi connectivity index (χ0) is 8.27. The first-order chi connectivity index (χ1) is 5.24. The minimum atomic E-state index is -0.0968. The van der Waals surface area contributed by atoms with Crippen molar-refractivity contribution in [3.8, 4) is 11.8 Å². The molecule has 0 bridgehead atoms. The third kappa shape index (κ3) is 1.95. The van der Waals surface area contributed by atoms with Gasteiger partial charge in [0.25, 0.3) is 5.91 Å². The summed E-state index contributed by atoms with van der Waals surface area (Å²) in [4.78, 5) is 12.8. The molecule has 1 aliphatic rings. The highest BCUT2D eigenvalue weighted by atomic mass is 16.2. The van der Waals surface area contributed by atoms with Gasteiger partial charge in [-0.05, 0) is 19.3 Å². The summed E-state index contributed by atoms with van der Waals surface area (Å²) in [5.74, 6) is 4.97. The smallest absolute Gasteiger partial charge is 0.298 e. The molecule has 0 aliphatic carbocycles. The van der Waals surface area contributed by atoms with Crippen molar-refractivity contribution < 1.29 is 4.79 Å². The van der Waals surface area contributed by atoms with E-state index in [9.17, 15) is 4.79 Å². The Morgan fingerprint density at radius 2 is 2.45 bits per heavy atom. The van der Waals surface area contributed by atoms with Gasteiger partial charge in [0.1, 0.15) is 0 Å². The van der Waals surface area contributed by atoms with E-state index in [1.807, 2.05) is 0 Å². The van der Waals surface area contributed by atoms with Crippen LogP contribution in [0.15, 0.2) is 0 Å².